The first kappa shape index (κ1) is 14.0. The van der Waals surface area contributed by atoms with E-state index in [2.05, 4.69) is 20.8 Å². The van der Waals surface area contributed by atoms with Gasteiger partial charge in [0.1, 0.15) is 4.34 Å². The number of halogens is 1. The van der Waals surface area contributed by atoms with Gasteiger partial charge in [0.25, 0.3) is 0 Å². The summed E-state index contributed by atoms with van der Waals surface area (Å²) in [5, 5.41) is 0. The molecule has 0 spiro atoms. The van der Waals surface area contributed by atoms with E-state index >= 15 is 0 Å². The number of hydrogen-bond acceptors (Lipinski definition) is 4. The molecular weight excluding hydrogens is 264 g/mol. The average molecular weight is 279 g/mol. The minimum atomic E-state index is 0.112. The summed E-state index contributed by atoms with van der Waals surface area (Å²) in [7, 11) is 0. The van der Waals surface area contributed by atoms with Gasteiger partial charge >= 0.3 is 0 Å². The maximum atomic E-state index is 10.6. The van der Waals surface area contributed by atoms with Crippen LogP contribution in [0.2, 0.25) is 4.34 Å². The predicted molar refractivity (Wildman–Crippen MR) is 71.7 cm³/mol. The molecule has 0 saturated carbocycles. The van der Waals surface area contributed by atoms with Crippen molar-refractivity contribution in [3.05, 3.63) is 20.8 Å². The zero-order valence-electron chi connectivity index (χ0n) is 9.58. The Morgan fingerprint density at radius 3 is 2.75 bits per heavy atom. The van der Waals surface area contributed by atoms with Crippen LogP contribution in [-0.2, 0) is 10.6 Å². The number of hydrogen-bond donors (Lipinski definition) is 0. The van der Waals surface area contributed by atoms with Crippen molar-refractivity contribution in [2.45, 2.75) is 31.9 Å². The molecule has 0 unspecified atom stereocenters. The van der Waals surface area contributed by atoms with E-state index in [0.717, 1.165) is 17.6 Å². The van der Waals surface area contributed by atoms with Gasteiger partial charge in [0.15, 0.2) is 6.29 Å². The first-order valence-electron chi connectivity index (χ1n) is 4.96. The van der Waals surface area contributed by atoms with Crippen molar-refractivity contribution in [3.63, 3.8) is 0 Å². The highest BCUT2D eigenvalue weighted by atomic mass is 35.5. The third-order valence-electron chi connectivity index (χ3n) is 1.63. The smallest absolute Gasteiger partial charge is 0.152 e. The first-order chi connectivity index (χ1) is 7.42. The normalized spacial score (nSPS) is 11.8. The summed E-state index contributed by atoms with van der Waals surface area (Å²) in [6.45, 7) is 6.94. The minimum absolute atomic E-state index is 0.112. The van der Waals surface area contributed by atoms with E-state index in [1.165, 1.54) is 23.4 Å². The summed E-state index contributed by atoms with van der Waals surface area (Å²) in [5.74, 6) is 0. The van der Waals surface area contributed by atoms with Crippen molar-refractivity contribution in [2.24, 2.45) is 0 Å². The van der Waals surface area contributed by atoms with E-state index in [-0.39, 0.29) is 4.75 Å². The van der Waals surface area contributed by atoms with Crippen LogP contribution in [0, 0.1) is 0 Å². The highest BCUT2D eigenvalue weighted by Gasteiger charge is 2.12. The Bertz CT molecular complexity index is 355. The zero-order valence-corrected chi connectivity index (χ0v) is 12.0. The Balaban J connectivity index is 2.35. The molecule has 0 N–H and O–H groups in total. The average Bonchev–Trinajstić information content (AvgIpc) is 2.52. The second-order valence-electron chi connectivity index (χ2n) is 4.33. The van der Waals surface area contributed by atoms with E-state index in [0.29, 0.717) is 16.5 Å². The van der Waals surface area contributed by atoms with E-state index in [1.54, 1.807) is 0 Å². The Morgan fingerprint density at radius 2 is 2.25 bits per heavy atom. The fourth-order valence-corrected chi connectivity index (χ4v) is 2.74. The molecule has 0 fully saturated rings. The number of carbonyl (C=O) groups is 1. The van der Waals surface area contributed by atoms with Crippen LogP contribution in [0.3, 0.4) is 0 Å². The standard InChI is InChI=1S/C11H15ClO2S2/c1-11(2,3)16-14-5-4-9-6-8(7-13)10(12)15-9/h6-7H,4-5H2,1-3H3. The van der Waals surface area contributed by atoms with E-state index in [9.17, 15) is 4.79 Å². The fourth-order valence-electron chi connectivity index (χ4n) is 0.998. The quantitative estimate of drug-likeness (QED) is 0.458. The summed E-state index contributed by atoms with van der Waals surface area (Å²) in [4.78, 5) is 11.7. The number of rotatable bonds is 5. The van der Waals surface area contributed by atoms with Gasteiger partial charge in [0.2, 0.25) is 0 Å². The molecule has 0 radical (unpaired) electrons. The molecule has 1 aromatic rings. The molecule has 0 aromatic carbocycles. The molecule has 0 saturated heterocycles. The zero-order chi connectivity index (χ0) is 12.2. The second kappa shape index (κ2) is 6.05. The van der Waals surface area contributed by atoms with Gasteiger partial charge in [-0.2, -0.15) is 0 Å². The Hall–Kier alpha value is -0.0300. The maximum absolute atomic E-state index is 10.6. The Kier molecular flexibility index (Phi) is 5.31. The van der Waals surface area contributed by atoms with Crippen LogP contribution in [0.25, 0.3) is 0 Å². The third-order valence-corrected chi connectivity index (χ3v) is 3.87. The molecule has 16 heavy (non-hydrogen) atoms. The van der Waals surface area contributed by atoms with Crippen LogP contribution in [0.5, 0.6) is 0 Å². The molecule has 0 aliphatic heterocycles. The molecule has 90 valence electrons. The van der Waals surface area contributed by atoms with Crippen molar-refractivity contribution in [1.29, 1.82) is 0 Å². The molecule has 0 aliphatic rings. The summed E-state index contributed by atoms with van der Waals surface area (Å²) in [6.07, 6.45) is 1.58. The van der Waals surface area contributed by atoms with Gasteiger partial charge in [-0.1, -0.05) is 11.6 Å². The molecular formula is C11H15ClO2S2. The molecule has 1 heterocycles. The van der Waals surface area contributed by atoms with Crippen LogP contribution < -0.4 is 0 Å². The van der Waals surface area contributed by atoms with Crippen molar-refractivity contribution in [3.8, 4) is 0 Å². The highest BCUT2D eigenvalue weighted by Crippen LogP contribution is 2.28. The van der Waals surface area contributed by atoms with E-state index in [1.807, 2.05) is 6.07 Å². The lowest BCUT2D eigenvalue weighted by atomic mass is 10.3. The van der Waals surface area contributed by atoms with Crippen LogP contribution in [-0.4, -0.2) is 17.6 Å². The molecule has 0 atom stereocenters. The summed E-state index contributed by atoms with van der Waals surface area (Å²) < 4.78 is 6.15. The molecule has 0 bridgehead atoms. The van der Waals surface area contributed by atoms with E-state index in [4.69, 9.17) is 15.8 Å². The lowest BCUT2D eigenvalue weighted by Crippen LogP contribution is -2.08. The fraction of sp³-hybridized carbons (Fsp3) is 0.545. The van der Waals surface area contributed by atoms with Crippen molar-refractivity contribution in [2.75, 3.05) is 6.61 Å². The Labute approximate surface area is 110 Å². The van der Waals surface area contributed by atoms with Crippen LogP contribution >= 0.6 is 35.0 Å². The molecule has 5 heteroatoms. The lowest BCUT2D eigenvalue weighted by Gasteiger charge is -2.15. The Morgan fingerprint density at radius 1 is 1.56 bits per heavy atom. The van der Waals surface area contributed by atoms with E-state index < -0.39 is 0 Å². The molecule has 0 aliphatic carbocycles. The van der Waals surface area contributed by atoms with Crippen molar-refractivity contribution in [1.82, 2.24) is 0 Å². The molecule has 0 amide bonds. The van der Waals surface area contributed by atoms with Gasteiger partial charge in [-0.3, -0.25) is 4.79 Å². The number of thiophene rings is 1. The predicted octanol–water partition coefficient (Wildman–Crippen LogP) is 4.22. The topological polar surface area (TPSA) is 26.3 Å². The number of aldehydes is 1. The van der Waals surface area contributed by atoms with Crippen molar-refractivity contribution < 1.29 is 8.98 Å². The summed E-state index contributed by atoms with van der Waals surface area (Å²) >= 11 is 8.79. The monoisotopic (exact) mass is 278 g/mol. The van der Waals surface area contributed by atoms with Gasteiger partial charge in [-0.15, -0.1) is 11.3 Å². The number of carbonyl (C=O) groups excluding carboxylic acids is 1. The summed E-state index contributed by atoms with van der Waals surface area (Å²) in [6, 6.07) is 1.82. The van der Waals surface area contributed by atoms with Crippen LogP contribution in [0.4, 0.5) is 0 Å². The maximum Gasteiger partial charge on any atom is 0.152 e. The van der Waals surface area contributed by atoms with Crippen LogP contribution in [0.1, 0.15) is 36.0 Å². The largest absolute Gasteiger partial charge is 0.314 e. The first-order valence-corrected chi connectivity index (χ1v) is 6.90. The summed E-state index contributed by atoms with van der Waals surface area (Å²) in [5.41, 5.74) is 0.574. The molecule has 1 aromatic heterocycles. The van der Waals surface area contributed by atoms with Gasteiger partial charge in [-0.05, 0) is 38.9 Å². The van der Waals surface area contributed by atoms with Gasteiger partial charge < -0.3 is 4.18 Å². The van der Waals surface area contributed by atoms with Gasteiger partial charge in [0, 0.05) is 21.6 Å². The lowest BCUT2D eigenvalue weighted by molar-refractivity contribution is 0.112. The van der Waals surface area contributed by atoms with Gasteiger partial charge in [0.05, 0.1) is 6.61 Å². The highest BCUT2D eigenvalue weighted by molar-refractivity contribution is 7.96. The SMILES string of the molecule is CC(C)(C)SOCCc1cc(C=O)c(Cl)s1. The van der Waals surface area contributed by atoms with Crippen LogP contribution in [0.15, 0.2) is 6.07 Å². The third kappa shape index (κ3) is 4.87. The van der Waals surface area contributed by atoms with Crippen molar-refractivity contribution >= 4 is 41.3 Å². The second-order valence-corrected chi connectivity index (χ2v) is 7.69. The molecule has 1 rings (SSSR count). The molecule has 2 nitrogen and oxygen atoms in total. The minimum Gasteiger partial charge on any atom is -0.314 e. The van der Waals surface area contributed by atoms with Gasteiger partial charge in [-0.25, -0.2) is 0 Å².